The summed E-state index contributed by atoms with van der Waals surface area (Å²) in [5.74, 6) is 1.64. The molecule has 0 aliphatic heterocycles. The van der Waals surface area contributed by atoms with Gasteiger partial charge in [-0.15, -0.1) is 24.0 Å². The van der Waals surface area contributed by atoms with Crippen LogP contribution < -0.4 is 15.4 Å². The minimum absolute atomic E-state index is 0. The zero-order valence-electron chi connectivity index (χ0n) is 16.2. The van der Waals surface area contributed by atoms with Gasteiger partial charge in [-0.2, -0.15) is 0 Å². The normalized spacial score (nSPS) is 10.9. The predicted octanol–water partition coefficient (Wildman–Crippen LogP) is 2.94. The lowest BCUT2D eigenvalue weighted by atomic mass is 10.1. The Kier molecular flexibility index (Phi) is 11.4. The number of hydrogen-bond donors (Lipinski definition) is 2. The zero-order chi connectivity index (χ0) is 18.6. The fourth-order valence-electron chi connectivity index (χ4n) is 2.45. The van der Waals surface area contributed by atoms with Gasteiger partial charge in [-0.05, 0) is 36.6 Å². The Morgan fingerprint density at radius 3 is 2.74 bits per heavy atom. The molecule has 0 spiro atoms. The third-order valence-corrected chi connectivity index (χ3v) is 3.87. The van der Waals surface area contributed by atoms with E-state index in [9.17, 15) is 0 Å². The molecule has 0 fully saturated rings. The molecule has 0 unspecified atom stereocenters. The van der Waals surface area contributed by atoms with Crippen molar-refractivity contribution in [1.29, 1.82) is 0 Å². The van der Waals surface area contributed by atoms with E-state index in [1.807, 2.05) is 18.3 Å². The zero-order valence-corrected chi connectivity index (χ0v) is 18.5. The number of pyridine rings is 1. The number of ether oxygens (including phenoxy) is 2. The molecule has 6 nitrogen and oxygen atoms in total. The van der Waals surface area contributed by atoms with Crippen LogP contribution in [-0.2, 0) is 17.7 Å². The average Bonchev–Trinajstić information content (AvgIpc) is 2.66. The van der Waals surface area contributed by atoms with Crippen molar-refractivity contribution in [3.63, 3.8) is 0 Å². The summed E-state index contributed by atoms with van der Waals surface area (Å²) in [6.07, 6.45) is 4.56. The van der Waals surface area contributed by atoms with Crippen LogP contribution in [-0.4, -0.2) is 44.9 Å². The van der Waals surface area contributed by atoms with Crippen molar-refractivity contribution in [3.8, 4) is 5.75 Å². The van der Waals surface area contributed by atoms with Crippen molar-refractivity contribution in [2.24, 2.45) is 4.99 Å². The molecule has 1 heterocycles. The monoisotopic (exact) mass is 484 g/mol. The van der Waals surface area contributed by atoms with Crippen molar-refractivity contribution < 1.29 is 9.47 Å². The Morgan fingerprint density at radius 1 is 1.19 bits per heavy atom. The number of rotatable bonds is 9. The number of guanidine groups is 1. The van der Waals surface area contributed by atoms with Gasteiger partial charge in [-0.25, -0.2) is 0 Å². The van der Waals surface area contributed by atoms with Gasteiger partial charge < -0.3 is 20.1 Å². The number of aromatic nitrogens is 1. The highest BCUT2D eigenvalue weighted by Gasteiger charge is 2.06. The molecule has 2 N–H and O–H groups in total. The molecule has 148 valence electrons. The fraction of sp³-hybridized carbons (Fsp3) is 0.400. The molecule has 0 saturated heterocycles. The Balaban J connectivity index is 0.00000364. The van der Waals surface area contributed by atoms with Crippen LogP contribution in [0.15, 0.2) is 47.7 Å². The van der Waals surface area contributed by atoms with E-state index in [2.05, 4.69) is 45.7 Å². The van der Waals surface area contributed by atoms with Gasteiger partial charge >= 0.3 is 0 Å². The van der Waals surface area contributed by atoms with Crippen LogP contribution in [0.3, 0.4) is 0 Å². The standard InChI is InChI=1S/C20H28N4O2.HI/c1-16-6-7-18(19(13-16)26-12-11-25-3)15-24-20(21-2)23-10-8-17-5-4-9-22-14-17;/h4-7,9,13-14H,8,10-12,15H2,1-3H3,(H2,21,23,24);1H. The summed E-state index contributed by atoms with van der Waals surface area (Å²) in [6.45, 7) is 4.58. The molecule has 0 aliphatic rings. The molecular formula is C20H29IN4O2. The Labute approximate surface area is 178 Å². The molecule has 0 saturated carbocycles. The number of aliphatic imine (C=N–C) groups is 1. The Bertz CT molecular complexity index is 696. The first-order valence-electron chi connectivity index (χ1n) is 8.77. The number of halogens is 1. The number of aryl methyl sites for hydroxylation is 1. The molecular weight excluding hydrogens is 455 g/mol. The lowest BCUT2D eigenvalue weighted by Gasteiger charge is -2.15. The number of hydrogen-bond acceptors (Lipinski definition) is 4. The molecule has 1 aromatic heterocycles. The summed E-state index contributed by atoms with van der Waals surface area (Å²) in [5.41, 5.74) is 3.45. The van der Waals surface area contributed by atoms with Gasteiger partial charge in [0, 0.05) is 45.2 Å². The minimum atomic E-state index is 0. The summed E-state index contributed by atoms with van der Waals surface area (Å²) in [7, 11) is 3.44. The lowest BCUT2D eigenvalue weighted by Crippen LogP contribution is -2.38. The molecule has 7 heteroatoms. The van der Waals surface area contributed by atoms with Crippen LogP contribution in [0.5, 0.6) is 5.75 Å². The van der Waals surface area contributed by atoms with Crippen molar-refractivity contribution in [1.82, 2.24) is 15.6 Å². The van der Waals surface area contributed by atoms with Crippen LogP contribution in [0.1, 0.15) is 16.7 Å². The Morgan fingerprint density at radius 2 is 2.04 bits per heavy atom. The van der Waals surface area contributed by atoms with Crippen LogP contribution in [0, 0.1) is 6.92 Å². The molecule has 27 heavy (non-hydrogen) atoms. The second-order valence-corrected chi connectivity index (χ2v) is 5.92. The van der Waals surface area contributed by atoms with Gasteiger partial charge in [0.15, 0.2) is 5.96 Å². The molecule has 0 aliphatic carbocycles. The van der Waals surface area contributed by atoms with Crippen molar-refractivity contribution in [2.75, 3.05) is 33.9 Å². The van der Waals surface area contributed by atoms with E-state index >= 15 is 0 Å². The molecule has 2 rings (SSSR count). The molecule has 1 aromatic carbocycles. The maximum absolute atomic E-state index is 5.83. The fourth-order valence-corrected chi connectivity index (χ4v) is 2.45. The highest BCUT2D eigenvalue weighted by atomic mass is 127. The number of methoxy groups -OCH3 is 1. The summed E-state index contributed by atoms with van der Waals surface area (Å²) in [6, 6.07) is 10.2. The second kappa shape index (κ2) is 13.3. The SMILES string of the molecule is CN=C(NCCc1cccnc1)NCc1ccc(C)cc1OCCOC.I. The lowest BCUT2D eigenvalue weighted by molar-refractivity contribution is 0.145. The minimum Gasteiger partial charge on any atom is -0.491 e. The van der Waals surface area contributed by atoms with E-state index in [-0.39, 0.29) is 24.0 Å². The van der Waals surface area contributed by atoms with Crippen LogP contribution >= 0.6 is 24.0 Å². The van der Waals surface area contributed by atoms with E-state index in [0.717, 1.165) is 30.2 Å². The van der Waals surface area contributed by atoms with Gasteiger partial charge in [-0.1, -0.05) is 18.2 Å². The van der Waals surface area contributed by atoms with E-state index < -0.39 is 0 Å². The Hall–Kier alpha value is -1.87. The van der Waals surface area contributed by atoms with Crippen LogP contribution in [0.25, 0.3) is 0 Å². The van der Waals surface area contributed by atoms with Crippen LogP contribution in [0.4, 0.5) is 0 Å². The third kappa shape index (κ3) is 8.57. The largest absolute Gasteiger partial charge is 0.491 e. The highest BCUT2D eigenvalue weighted by Crippen LogP contribution is 2.20. The summed E-state index contributed by atoms with van der Waals surface area (Å²) < 4.78 is 10.9. The quantitative estimate of drug-likeness (QED) is 0.248. The first-order chi connectivity index (χ1) is 12.7. The number of nitrogens with one attached hydrogen (secondary N) is 2. The van der Waals surface area contributed by atoms with E-state index in [1.54, 1.807) is 20.4 Å². The summed E-state index contributed by atoms with van der Waals surface area (Å²) in [5, 5.41) is 6.66. The van der Waals surface area contributed by atoms with Crippen molar-refractivity contribution in [3.05, 3.63) is 59.4 Å². The first-order valence-corrected chi connectivity index (χ1v) is 8.77. The highest BCUT2D eigenvalue weighted by molar-refractivity contribution is 14.0. The molecule has 2 aromatic rings. The summed E-state index contributed by atoms with van der Waals surface area (Å²) >= 11 is 0. The predicted molar refractivity (Wildman–Crippen MR) is 120 cm³/mol. The van der Waals surface area contributed by atoms with E-state index in [1.165, 1.54) is 11.1 Å². The average molecular weight is 484 g/mol. The van der Waals surface area contributed by atoms with Gasteiger partial charge in [0.2, 0.25) is 0 Å². The van der Waals surface area contributed by atoms with Gasteiger partial charge in [-0.3, -0.25) is 9.98 Å². The topological polar surface area (TPSA) is 67.8 Å². The maximum atomic E-state index is 5.83. The van der Waals surface area contributed by atoms with Gasteiger partial charge in [0.25, 0.3) is 0 Å². The first kappa shape index (κ1) is 23.2. The van der Waals surface area contributed by atoms with E-state index in [0.29, 0.717) is 19.8 Å². The second-order valence-electron chi connectivity index (χ2n) is 5.92. The molecule has 0 radical (unpaired) electrons. The molecule has 0 bridgehead atoms. The number of nitrogens with zero attached hydrogens (tertiary/aromatic N) is 2. The summed E-state index contributed by atoms with van der Waals surface area (Å²) in [4.78, 5) is 8.40. The maximum Gasteiger partial charge on any atom is 0.191 e. The van der Waals surface area contributed by atoms with Gasteiger partial charge in [0.05, 0.1) is 6.61 Å². The molecule has 0 atom stereocenters. The number of benzene rings is 1. The van der Waals surface area contributed by atoms with Crippen molar-refractivity contribution in [2.45, 2.75) is 19.9 Å². The third-order valence-electron chi connectivity index (χ3n) is 3.87. The smallest absolute Gasteiger partial charge is 0.191 e. The van der Waals surface area contributed by atoms with E-state index in [4.69, 9.17) is 9.47 Å². The van der Waals surface area contributed by atoms with Gasteiger partial charge in [0.1, 0.15) is 12.4 Å². The van der Waals surface area contributed by atoms with Crippen molar-refractivity contribution >= 4 is 29.9 Å². The van der Waals surface area contributed by atoms with Crippen LogP contribution in [0.2, 0.25) is 0 Å². The molecule has 0 amide bonds.